The van der Waals surface area contributed by atoms with Gasteiger partial charge < -0.3 is 4.74 Å². The lowest BCUT2D eigenvalue weighted by molar-refractivity contribution is 0.411. The molecule has 6 heteroatoms. The van der Waals surface area contributed by atoms with Gasteiger partial charge in [-0.05, 0) is 38.1 Å². The van der Waals surface area contributed by atoms with Crippen molar-refractivity contribution in [2.24, 2.45) is 0 Å². The summed E-state index contributed by atoms with van der Waals surface area (Å²) in [6.07, 6.45) is 0. The monoisotopic (exact) mass is 374 g/mol. The fraction of sp³-hybridized carbons (Fsp3) is 0.263. The summed E-state index contributed by atoms with van der Waals surface area (Å²) in [6.45, 7) is 3.97. The topological polar surface area (TPSA) is 44.1 Å². The van der Waals surface area contributed by atoms with Crippen LogP contribution in [0.3, 0.4) is 0 Å². The summed E-state index contributed by atoms with van der Waals surface area (Å²) >= 11 is 7.59. The van der Waals surface area contributed by atoms with Crippen LogP contribution in [0.2, 0.25) is 5.02 Å². The summed E-state index contributed by atoms with van der Waals surface area (Å²) in [5.41, 5.74) is 1.64. The molecule has 0 amide bonds. The number of rotatable bonds is 5. The second kappa shape index (κ2) is 7.50. The van der Waals surface area contributed by atoms with E-state index >= 15 is 0 Å². The highest BCUT2D eigenvalue weighted by molar-refractivity contribution is 7.98. The number of methoxy groups -OCH3 is 1. The Balaban J connectivity index is 2.05. The lowest BCUT2D eigenvalue weighted by Gasteiger charge is -2.16. The maximum Gasteiger partial charge on any atom is 0.262 e. The molecule has 4 nitrogen and oxygen atoms in total. The average molecular weight is 375 g/mol. The molecule has 1 aromatic heterocycles. The van der Waals surface area contributed by atoms with Crippen molar-refractivity contribution in [2.75, 3.05) is 7.11 Å². The minimum Gasteiger partial charge on any atom is -0.496 e. The summed E-state index contributed by atoms with van der Waals surface area (Å²) in [5, 5.41) is 1.84. The van der Waals surface area contributed by atoms with Crippen LogP contribution in [-0.4, -0.2) is 16.7 Å². The molecule has 0 radical (unpaired) electrons. The fourth-order valence-electron chi connectivity index (χ4n) is 2.67. The van der Waals surface area contributed by atoms with E-state index in [4.69, 9.17) is 16.3 Å². The Bertz CT molecular complexity index is 969. The molecule has 0 aliphatic heterocycles. The van der Waals surface area contributed by atoms with Gasteiger partial charge in [0.15, 0.2) is 5.16 Å². The van der Waals surface area contributed by atoms with Crippen molar-refractivity contribution in [2.45, 2.75) is 30.8 Å². The van der Waals surface area contributed by atoms with Crippen LogP contribution < -0.4 is 10.3 Å². The zero-order valence-electron chi connectivity index (χ0n) is 14.3. The molecular formula is C19H19ClN2O2S. The first-order valence-electron chi connectivity index (χ1n) is 7.97. The van der Waals surface area contributed by atoms with E-state index in [9.17, 15) is 4.79 Å². The third-order valence-electron chi connectivity index (χ3n) is 3.90. The van der Waals surface area contributed by atoms with E-state index in [0.29, 0.717) is 26.8 Å². The molecule has 0 saturated carbocycles. The zero-order chi connectivity index (χ0) is 18.0. The van der Waals surface area contributed by atoms with E-state index in [0.717, 1.165) is 11.3 Å². The summed E-state index contributed by atoms with van der Waals surface area (Å²) < 4.78 is 7.13. The van der Waals surface area contributed by atoms with Crippen molar-refractivity contribution < 1.29 is 4.74 Å². The molecular weight excluding hydrogens is 356 g/mol. The van der Waals surface area contributed by atoms with Crippen molar-refractivity contribution in [3.63, 3.8) is 0 Å². The number of thioether (sulfide) groups is 1. The van der Waals surface area contributed by atoms with E-state index < -0.39 is 0 Å². The fourth-order valence-corrected chi connectivity index (χ4v) is 3.96. The molecule has 0 aliphatic rings. The summed E-state index contributed by atoms with van der Waals surface area (Å²) in [4.78, 5) is 17.6. The van der Waals surface area contributed by atoms with E-state index in [1.165, 1.54) is 11.8 Å². The van der Waals surface area contributed by atoms with Gasteiger partial charge in [-0.25, -0.2) is 4.98 Å². The molecule has 3 rings (SSSR count). The van der Waals surface area contributed by atoms with Crippen LogP contribution in [0.4, 0.5) is 0 Å². The highest BCUT2D eigenvalue weighted by atomic mass is 35.5. The number of aromatic nitrogens is 2. The standard InChI is InChI=1S/C19H19ClN2O2S/c1-12(2)22-18(23)15-9-8-14(20)10-16(15)21-19(22)25-11-13-6-4-5-7-17(13)24-3/h4-10,12H,11H2,1-3H3. The smallest absolute Gasteiger partial charge is 0.262 e. The van der Waals surface area contributed by atoms with Crippen LogP contribution >= 0.6 is 23.4 Å². The lowest BCUT2D eigenvalue weighted by atomic mass is 10.2. The third-order valence-corrected chi connectivity index (χ3v) is 5.13. The molecule has 0 fully saturated rings. The van der Waals surface area contributed by atoms with Gasteiger partial charge in [0.2, 0.25) is 0 Å². The van der Waals surface area contributed by atoms with Gasteiger partial charge in [0, 0.05) is 22.4 Å². The number of halogens is 1. The first kappa shape index (κ1) is 17.8. The maximum atomic E-state index is 12.9. The normalized spacial score (nSPS) is 11.2. The first-order chi connectivity index (χ1) is 12.0. The van der Waals surface area contributed by atoms with E-state index in [1.54, 1.807) is 29.9 Å². The van der Waals surface area contributed by atoms with Crippen LogP contribution in [0, 0.1) is 0 Å². The largest absolute Gasteiger partial charge is 0.496 e. The number of para-hydroxylation sites is 1. The van der Waals surface area contributed by atoms with Crippen LogP contribution in [0.15, 0.2) is 52.4 Å². The molecule has 0 unspecified atom stereocenters. The Morgan fingerprint density at radius 3 is 2.72 bits per heavy atom. The van der Waals surface area contributed by atoms with Gasteiger partial charge in [-0.3, -0.25) is 9.36 Å². The van der Waals surface area contributed by atoms with Crippen LogP contribution in [-0.2, 0) is 5.75 Å². The average Bonchev–Trinajstić information content (AvgIpc) is 2.59. The second-order valence-electron chi connectivity index (χ2n) is 5.93. The molecule has 0 bridgehead atoms. The molecule has 0 N–H and O–H groups in total. The highest BCUT2D eigenvalue weighted by Crippen LogP contribution is 2.28. The zero-order valence-corrected chi connectivity index (χ0v) is 15.9. The number of hydrogen-bond donors (Lipinski definition) is 0. The molecule has 0 aliphatic carbocycles. The van der Waals surface area contributed by atoms with Crippen LogP contribution in [0.5, 0.6) is 5.75 Å². The van der Waals surface area contributed by atoms with E-state index in [1.807, 2.05) is 38.1 Å². The Morgan fingerprint density at radius 1 is 1.24 bits per heavy atom. The van der Waals surface area contributed by atoms with Gasteiger partial charge in [0.25, 0.3) is 5.56 Å². The van der Waals surface area contributed by atoms with Crippen molar-refractivity contribution in [3.05, 3.63) is 63.4 Å². The van der Waals surface area contributed by atoms with Gasteiger partial charge in [-0.15, -0.1) is 0 Å². The van der Waals surface area contributed by atoms with Gasteiger partial charge in [-0.1, -0.05) is 41.6 Å². The summed E-state index contributed by atoms with van der Waals surface area (Å²) in [5.74, 6) is 1.49. The van der Waals surface area contributed by atoms with E-state index in [2.05, 4.69) is 4.98 Å². The van der Waals surface area contributed by atoms with Crippen molar-refractivity contribution in [1.82, 2.24) is 9.55 Å². The molecule has 1 heterocycles. The Morgan fingerprint density at radius 2 is 2.00 bits per heavy atom. The minimum absolute atomic E-state index is 0.0141. The molecule has 130 valence electrons. The van der Waals surface area contributed by atoms with Crippen LogP contribution in [0.25, 0.3) is 10.9 Å². The second-order valence-corrected chi connectivity index (χ2v) is 7.30. The van der Waals surface area contributed by atoms with Gasteiger partial charge in [0.05, 0.1) is 18.0 Å². The first-order valence-corrected chi connectivity index (χ1v) is 9.34. The number of benzene rings is 2. The number of fused-ring (bicyclic) bond motifs is 1. The quantitative estimate of drug-likeness (QED) is 0.469. The van der Waals surface area contributed by atoms with Gasteiger partial charge in [0.1, 0.15) is 5.75 Å². The lowest BCUT2D eigenvalue weighted by Crippen LogP contribution is -2.25. The van der Waals surface area contributed by atoms with Crippen molar-refractivity contribution in [1.29, 1.82) is 0 Å². The molecule has 2 aromatic carbocycles. The number of ether oxygens (including phenoxy) is 1. The summed E-state index contributed by atoms with van der Waals surface area (Å²) in [7, 11) is 1.66. The Labute approximate surface area is 155 Å². The number of hydrogen-bond acceptors (Lipinski definition) is 4. The third kappa shape index (κ3) is 3.67. The summed E-state index contributed by atoms with van der Waals surface area (Å²) in [6, 6.07) is 13.1. The van der Waals surface area contributed by atoms with Gasteiger partial charge >= 0.3 is 0 Å². The molecule has 0 spiro atoms. The molecule has 25 heavy (non-hydrogen) atoms. The minimum atomic E-state index is -0.0424. The molecule has 3 aromatic rings. The van der Waals surface area contributed by atoms with Crippen molar-refractivity contribution in [3.8, 4) is 5.75 Å². The predicted octanol–water partition coefficient (Wildman–Crippen LogP) is 4.93. The maximum absolute atomic E-state index is 12.9. The molecule has 0 saturated heterocycles. The number of nitrogens with zero attached hydrogens (tertiary/aromatic N) is 2. The van der Waals surface area contributed by atoms with E-state index in [-0.39, 0.29) is 11.6 Å². The van der Waals surface area contributed by atoms with Crippen LogP contribution in [0.1, 0.15) is 25.5 Å². The predicted molar refractivity (Wildman–Crippen MR) is 104 cm³/mol. The Hall–Kier alpha value is -1.98. The van der Waals surface area contributed by atoms with Gasteiger partial charge in [-0.2, -0.15) is 0 Å². The van der Waals surface area contributed by atoms with Crippen molar-refractivity contribution >= 4 is 34.3 Å². The molecule has 0 atom stereocenters. The highest BCUT2D eigenvalue weighted by Gasteiger charge is 2.15. The SMILES string of the molecule is COc1ccccc1CSc1nc2cc(Cl)ccc2c(=O)n1C(C)C. The Kier molecular flexibility index (Phi) is 5.35.